The van der Waals surface area contributed by atoms with E-state index in [1.54, 1.807) is 0 Å². The van der Waals surface area contributed by atoms with Gasteiger partial charge in [0.25, 0.3) is 0 Å². The van der Waals surface area contributed by atoms with Gasteiger partial charge >= 0.3 is 0 Å². The van der Waals surface area contributed by atoms with E-state index >= 15 is 0 Å². The van der Waals surface area contributed by atoms with Gasteiger partial charge in [-0.15, -0.1) is 0 Å². The third-order valence-electron chi connectivity index (χ3n) is 2.07. The number of aliphatic hydroxyl groups excluding tert-OH is 1. The van der Waals surface area contributed by atoms with Gasteiger partial charge in [-0.25, -0.2) is 0 Å². The van der Waals surface area contributed by atoms with Crippen LogP contribution in [0.25, 0.3) is 0 Å². The van der Waals surface area contributed by atoms with E-state index in [1.165, 1.54) is 12.0 Å². The van der Waals surface area contributed by atoms with E-state index in [9.17, 15) is 0 Å². The van der Waals surface area contributed by atoms with Gasteiger partial charge in [-0.3, -0.25) is 0 Å². The van der Waals surface area contributed by atoms with Crippen LogP contribution in [0.4, 0.5) is 0 Å². The van der Waals surface area contributed by atoms with Crippen LogP contribution in [0.2, 0.25) is 0 Å². The highest BCUT2D eigenvalue weighted by Crippen LogP contribution is 2.17. The topological polar surface area (TPSA) is 32.3 Å². The molecule has 2 nitrogen and oxygen atoms in total. The molecule has 0 amide bonds. The average molecular weight is 155 g/mol. The van der Waals surface area contributed by atoms with E-state index in [1.807, 2.05) is 0 Å². The Morgan fingerprint density at radius 1 is 1.73 bits per heavy atom. The summed E-state index contributed by atoms with van der Waals surface area (Å²) in [6, 6.07) is 0.525. The molecule has 0 saturated carbocycles. The monoisotopic (exact) mass is 155 g/mol. The first-order valence-corrected chi connectivity index (χ1v) is 4.40. The van der Waals surface area contributed by atoms with Crippen LogP contribution in [0.5, 0.6) is 0 Å². The quantitative estimate of drug-likeness (QED) is 0.595. The highest BCUT2D eigenvalue weighted by atomic mass is 16.3. The maximum Gasteiger partial charge on any atom is 0.0642 e. The summed E-state index contributed by atoms with van der Waals surface area (Å²) in [5.74, 6) is 0. The lowest BCUT2D eigenvalue weighted by atomic mass is 10.2. The standard InChI is InChI=1S/C9H17NO/c1-2-5-10-9-4-3-8(6-9)7-11/h6,9-11H,2-5,7H2,1H3. The zero-order chi connectivity index (χ0) is 8.10. The largest absolute Gasteiger partial charge is 0.392 e. The Bertz CT molecular complexity index is 142. The molecule has 0 heterocycles. The van der Waals surface area contributed by atoms with Crippen LogP contribution >= 0.6 is 0 Å². The fourth-order valence-corrected chi connectivity index (χ4v) is 1.41. The minimum absolute atomic E-state index is 0.240. The fraction of sp³-hybridized carbons (Fsp3) is 0.778. The second-order valence-corrected chi connectivity index (χ2v) is 3.08. The maximum absolute atomic E-state index is 8.81. The molecule has 1 atom stereocenters. The van der Waals surface area contributed by atoms with Gasteiger partial charge in [0.05, 0.1) is 6.61 Å². The van der Waals surface area contributed by atoms with Crippen molar-refractivity contribution in [3.63, 3.8) is 0 Å². The number of hydrogen-bond acceptors (Lipinski definition) is 2. The van der Waals surface area contributed by atoms with E-state index in [0.29, 0.717) is 6.04 Å². The van der Waals surface area contributed by atoms with Gasteiger partial charge in [0.15, 0.2) is 0 Å². The van der Waals surface area contributed by atoms with Crippen molar-refractivity contribution in [2.75, 3.05) is 13.2 Å². The molecule has 1 aliphatic rings. The minimum atomic E-state index is 0.240. The van der Waals surface area contributed by atoms with Crippen LogP contribution in [-0.4, -0.2) is 24.3 Å². The third-order valence-corrected chi connectivity index (χ3v) is 2.07. The summed E-state index contributed by atoms with van der Waals surface area (Å²) >= 11 is 0. The maximum atomic E-state index is 8.81. The highest BCUT2D eigenvalue weighted by molar-refractivity contribution is 5.13. The molecule has 2 N–H and O–H groups in total. The van der Waals surface area contributed by atoms with Crippen molar-refractivity contribution >= 4 is 0 Å². The van der Waals surface area contributed by atoms with E-state index < -0.39 is 0 Å². The van der Waals surface area contributed by atoms with Crippen LogP contribution in [0, 0.1) is 0 Å². The molecule has 1 unspecified atom stereocenters. The molecule has 2 heteroatoms. The molecule has 0 bridgehead atoms. The van der Waals surface area contributed by atoms with Gasteiger partial charge in [-0.05, 0) is 31.4 Å². The lowest BCUT2D eigenvalue weighted by molar-refractivity contribution is 0.328. The molecule has 0 saturated heterocycles. The second kappa shape index (κ2) is 4.52. The van der Waals surface area contributed by atoms with Crippen LogP contribution in [0.15, 0.2) is 11.6 Å². The van der Waals surface area contributed by atoms with Crippen molar-refractivity contribution < 1.29 is 5.11 Å². The van der Waals surface area contributed by atoms with Crippen molar-refractivity contribution in [2.24, 2.45) is 0 Å². The molecule has 1 rings (SSSR count). The lowest BCUT2D eigenvalue weighted by Gasteiger charge is -2.07. The van der Waals surface area contributed by atoms with Gasteiger partial charge in [0.1, 0.15) is 0 Å². The molecule has 0 aromatic heterocycles. The zero-order valence-electron chi connectivity index (χ0n) is 7.14. The van der Waals surface area contributed by atoms with Crippen LogP contribution in [0.1, 0.15) is 26.2 Å². The molecule has 0 aliphatic heterocycles. The molecule has 0 spiro atoms. The number of nitrogens with one attached hydrogen (secondary N) is 1. The normalized spacial score (nSPS) is 23.8. The molecule has 64 valence electrons. The molecule has 0 aromatic carbocycles. The number of aliphatic hydroxyl groups is 1. The summed E-state index contributed by atoms with van der Waals surface area (Å²) in [6.07, 6.45) is 5.57. The SMILES string of the molecule is CCCNC1C=C(CO)CC1. The predicted octanol–water partition coefficient (Wildman–Crippen LogP) is 1.07. The van der Waals surface area contributed by atoms with Crippen molar-refractivity contribution in [1.82, 2.24) is 5.32 Å². The number of rotatable bonds is 4. The first kappa shape index (κ1) is 8.75. The Kier molecular flexibility index (Phi) is 3.60. The van der Waals surface area contributed by atoms with E-state index in [0.717, 1.165) is 19.4 Å². The average Bonchev–Trinajstić information content (AvgIpc) is 2.48. The van der Waals surface area contributed by atoms with Crippen LogP contribution in [-0.2, 0) is 0 Å². The first-order chi connectivity index (χ1) is 5.36. The van der Waals surface area contributed by atoms with E-state index in [-0.39, 0.29) is 6.61 Å². The summed E-state index contributed by atoms with van der Waals surface area (Å²) in [5, 5.41) is 12.2. The molecule has 0 aromatic rings. The lowest BCUT2D eigenvalue weighted by Crippen LogP contribution is -2.25. The van der Waals surface area contributed by atoms with Gasteiger partial charge < -0.3 is 10.4 Å². The van der Waals surface area contributed by atoms with Crippen molar-refractivity contribution in [1.29, 1.82) is 0 Å². The third kappa shape index (κ3) is 2.64. The summed E-state index contributed by atoms with van der Waals surface area (Å²) in [6.45, 7) is 3.49. The molecular weight excluding hydrogens is 138 g/mol. The Morgan fingerprint density at radius 2 is 2.55 bits per heavy atom. The van der Waals surface area contributed by atoms with E-state index in [2.05, 4.69) is 18.3 Å². The van der Waals surface area contributed by atoms with Gasteiger partial charge in [0, 0.05) is 6.04 Å². The minimum Gasteiger partial charge on any atom is -0.392 e. The summed E-state index contributed by atoms with van der Waals surface area (Å²) < 4.78 is 0. The van der Waals surface area contributed by atoms with Gasteiger partial charge in [-0.1, -0.05) is 13.0 Å². The zero-order valence-corrected chi connectivity index (χ0v) is 7.14. The van der Waals surface area contributed by atoms with Crippen molar-refractivity contribution in [2.45, 2.75) is 32.2 Å². The van der Waals surface area contributed by atoms with Crippen LogP contribution < -0.4 is 5.32 Å². The van der Waals surface area contributed by atoms with E-state index in [4.69, 9.17) is 5.11 Å². The van der Waals surface area contributed by atoms with Crippen LogP contribution in [0.3, 0.4) is 0 Å². The number of hydrogen-bond donors (Lipinski definition) is 2. The summed E-state index contributed by atoms with van der Waals surface area (Å²) in [5.41, 5.74) is 1.19. The van der Waals surface area contributed by atoms with Crippen molar-refractivity contribution in [3.8, 4) is 0 Å². The molecule has 0 fully saturated rings. The summed E-state index contributed by atoms with van der Waals surface area (Å²) in [4.78, 5) is 0. The molecular formula is C9H17NO. The Labute approximate surface area is 68.3 Å². The Hall–Kier alpha value is -0.340. The first-order valence-electron chi connectivity index (χ1n) is 4.40. The predicted molar refractivity (Wildman–Crippen MR) is 46.5 cm³/mol. The highest BCUT2D eigenvalue weighted by Gasteiger charge is 2.13. The molecule has 1 aliphatic carbocycles. The fourth-order valence-electron chi connectivity index (χ4n) is 1.41. The van der Waals surface area contributed by atoms with Gasteiger partial charge in [0.2, 0.25) is 0 Å². The molecule has 11 heavy (non-hydrogen) atoms. The Morgan fingerprint density at radius 3 is 3.09 bits per heavy atom. The second-order valence-electron chi connectivity index (χ2n) is 3.08. The molecule has 0 radical (unpaired) electrons. The smallest absolute Gasteiger partial charge is 0.0642 e. The van der Waals surface area contributed by atoms with Crippen molar-refractivity contribution in [3.05, 3.63) is 11.6 Å². The summed E-state index contributed by atoms with van der Waals surface area (Å²) in [7, 11) is 0. The Balaban J connectivity index is 2.22. The van der Waals surface area contributed by atoms with Gasteiger partial charge in [-0.2, -0.15) is 0 Å².